The number of H-pyrrole nitrogens is 1. The summed E-state index contributed by atoms with van der Waals surface area (Å²) in [6, 6.07) is 16.5. The number of nitrogens with zero attached hydrogens (tertiary/aromatic N) is 1. The summed E-state index contributed by atoms with van der Waals surface area (Å²) >= 11 is 0. The molecule has 2 heterocycles. The lowest BCUT2D eigenvalue weighted by atomic mass is 10.0. The highest BCUT2D eigenvalue weighted by Crippen LogP contribution is 2.23. The first-order valence-corrected chi connectivity index (χ1v) is 9.36. The fourth-order valence-corrected chi connectivity index (χ4v) is 3.70. The van der Waals surface area contributed by atoms with E-state index in [9.17, 15) is 4.79 Å². The van der Waals surface area contributed by atoms with Gasteiger partial charge in [0.1, 0.15) is 0 Å². The Kier molecular flexibility index (Phi) is 4.87. The summed E-state index contributed by atoms with van der Waals surface area (Å²) in [5.74, 6) is 0. The van der Waals surface area contributed by atoms with E-state index in [2.05, 4.69) is 45.5 Å². The van der Waals surface area contributed by atoms with Crippen molar-refractivity contribution in [2.75, 3.05) is 26.2 Å². The Morgan fingerprint density at radius 2 is 1.85 bits per heavy atom. The topological polar surface area (TPSA) is 48.1 Å². The minimum Gasteiger partial charge on any atom is -0.321 e. The van der Waals surface area contributed by atoms with Crippen molar-refractivity contribution < 1.29 is 0 Å². The van der Waals surface area contributed by atoms with Crippen LogP contribution in [0.15, 0.2) is 53.3 Å². The smallest absolute Gasteiger partial charge is 0.256 e. The maximum absolute atomic E-state index is 12.4. The molecule has 4 nitrogen and oxygen atoms in total. The minimum atomic E-state index is -0.0256. The molecule has 0 saturated carbocycles. The van der Waals surface area contributed by atoms with Crippen LogP contribution in [0.5, 0.6) is 0 Å². The summed E-state index contributed by atoms with van der Waals surface area (Å²) in [5.41, 5.74) is 4.34. The van der Waals surface area contributed by atoms with Crippen LogP contribution in [0.1, 0.15) is 17.5 Å². The van der Waals surface area contributed by atoms with E-state index in [1.165, 1.54) is 12.0 Å². The standard InChI is InChI=1S/C22H25N3O/c1-16-4-2-5-19-20(16)14-21(24-22(19)26)18-8-6-17(7-9-18)15-25-12-3-10-23-11-13-25/h2,4-9,14,23H,3,10-13,15H2,1H3,(H,24,26). The van der Waals surface area contributed by atoms with Gasteiger partial charge in [-0.1, -0.05) is 36.4 Å². The van der Waals surface area contributed by atoms with Gasteiger partial charge >= 0.3 is 0 Å². The van der Waals surface area contributed by atoms with Crippen molar-refractivity contribution in [1.29, 1.82) is 0 Å². The monoisotopic (exact) mass is 347 g/mol. The number of benzene rings is 2. The van der Waals surface area contributed by atoms with Gasteiger partial charge in [0.05, 0.1) is 0 Å². The van der Waals surface area contributed by atoms with Gasteiger partial charge in [-0.05, 0) is 60.6 Å². The molecular weight excluding hydrogens is 322 g/mol. The van der Waals surface area contributed by atoms with Crippen LogP contribution in [0.2, 0.25) is 0 Å². The molecule has 26 heavy (non-hydrogen) atoms. The van der Waals surface area contributed by atoms with Gasteiger partial charge in [0, 0.05) is 30.7 Å². The third-order valence-electron chi connectivity index (χ3n) is 5.21. The molecule has 1 aromatic heterocycles. The fraction of sp³-hybridized carbons (Fsp3) is 0.318. The number of hydrogen-bond acceptors (Lipinski definition) is 3. The van der Waals surface area contributed by atoms with Crippen molar-refractivity contribution in [1.82, 2.24) is 15.2 Å². The van der Waals surface area contributed by atoms with Crippen molar-refractivity contribution >= 4 is 10.8 Å². The normalized spacial score (nSPS) is 15.9. The van der Waals surface area contributed by atoms with Crippen LogP contribution in [0.4, 0.5) is 0 Å². The molecule has 134 valence electrons. The first-order chi connectivity index (χ1) is 12.7. The Bertz CT molecular complexity index is 951. The van der Waals surface area contributed by atoms with Gasteiger partial charge in [0.15, 0.2) is 0 Å². The van der Waals surface area contributed by atoms with E-state index in [1.54, 1.807) is 0 Å². The van der Waals surface area contributed by atoms with Gasteiger partial charge in [-0.3, -0.25) is 9.69 Å². The van der Waals surface area contributed by atoms with Crippen molar-refractivity contribution in [3.63, 3.8) is 0 Å². The van der Waals surface area contributed by atoms with Crippen LogP contribution in [0, 0.1) is 6.92 Å². The predicted octanol–water partition coefficient (Wildman–Crippen LogP) is 3.30. The Balaban J connectivity index is 1.59. The Labute approximate surface area is 153 Å². The van der Waals surface area contributed by atoms with E-state index in [1.807, 2.05) is 25.1 Å². The lowest BCUT2D eigenvalue weighted by Crippen LogP contribution is -2.27. The first-order valence-electron chi connectivity index (χ1n) is 9.36. The molecule has 3 aromatic rings. The number of pyridine rings is 1. The second kappa shape index (κ2) is 7.44. The Hall–Kier alpha value is -2.43. The fourth-order valence-electron chi connectivity index (χ4n) is 3.70. The van der Waals surface area contributed by atoms with Gasteiger partial charge in [-0.2, -0.15) is 0 Å². The average molecular weight is 347 g/mol. The van der Waals surface area contributed by atoms with Crippen LogP contribution in [0.3, 0.4) is 0 Å². The molecule has 4 heteroatoms. The molecule has 2 N–H and O–H groups in total. The number of aromatic nitrogens is 1. The number of nitrogens with one attached hydrogen (secondary N) is 2. The molecule has 1 aliphatic heterocycles. The number of aryl methyl sites for hydroxylation is 1. The third kappa shape index (κ3) is 3.57. The van der Waals surface area contributed by atoms with Crippen molar-refractivity contribution in [2.45, 2.75) is 19.9 Å². The van der Waals surface area contributed by atoms with Crippen LogP contribution in [-0.4, -0.2) is 36.1 Å². The zero-order valence-electron chi connectivity index (χ0n) is 15.2. The van der Waals surface area contributed by atoms with Crippen molar-refractivity contribution in [3.8, 4) is 11.3 Å². The second-order valence-electron chi connectivity index (χ2n) is 7.12. The molecule has 0 unspecified atom stereocenters. The summed E-state index contributed by atoms with van der Waals surface area (Å²) in [6.45, 7) is 7.45. The van der Waals surface area contributed by atoms with E-state index < -0.39 is 0 Å². The molecule has 0 spiro atoms. The Morgan fingerprint density at radius 3 is 2.69 bits per heavy atom. The highest BCUT2D eigenvalue weighted by atomic mass is 16.1. The molecule has 0 bridgehead atoms. The largest absolute Gasteiger partial charge is 0.321 e. The maximum Gasteiger partial charge on any atom is 0.256 e. The molecule has 0 amide bonds. The van der Waals surface area contributed by atoms with Gasteiger partial charge < -0.3 is 10.3 Å². The highest BCUT2D eigenvalue weighted by Gasteiger charge is 2.10. The van der Waals surface area contributed by atoms with Crippen LogP contribution < -0.4 is 10.9 Å². The summed E-state index contributed by atoms with van der Waals surface area (Å²) in [7, 11) is 0. The van der Waals surface area contributed by atoms with Crippen LogP contribution >= 0.6 is 0 Å². The zero-order chi connectivity index (χ0) is 17.9. The predicted molar refractivity (Wildman–Crippen MR) is 108 cm³/mol. The van der Waals surface area contributed by atoms with E-state index in [4.69, 9.17) is 0 Å². The molecule has 0 aliphatic carbocycles. The number of hydrogen-bond donors (Lipinski definition) is 2. The highest BCUT2D eigenvalue weighted by molar-refractivity contribution is 5.87. The maximum atomic E-state index is 12.4. The SMILES string of the molecule is Cc1cccc2c(=O)[nH]c(-c3ccc(CN4CCCNCC4)cc3)cc12. The van der Waals surface area contributed by atoms with Gasteiger partial charge in [0.25, 0.3) is 5.56 Å². The summed E-state index contributed by atoms with van der Waals surface area (Å²) in [5, 5.41) is 5.21. The quantitative estimate of drug-likeness (QED) is 0.764. The van der Waals surface area contributed by atoms with Gasteiger partial charge in [0.2, 0.25) is 0 Å². The molecule has 0 atom stereocenters. The minimum absolute atomic E-state index is 0.0256. The average Bonchev–Trinajstić information content (AvgIpc) is 2.92. The van der Waals surface area contributed by atoms with E-state index in [0.29, 0.717) is 0 Å². The van der Waals surface area contributed by atoms with E-state index >= 15 is 0 Å². The first kappa shape index (κ1) is 17.0. The zero-order valence-corrected chi connectivity index (χ0v) is 15.2. The molecule has 2 aromatic carbocycles. The summed E-state index contributed by atoms with van der Waals surface area (Å²) in [4.78, 5) is 17.9. The summed E-state index contributed by atoms with van der Waals surface area (Å²) < 4.78 is 0. The number of rotatable bonds is 3. The molecule has 1 aliphatic rings. The van der Waals surface area contributed by atoms with Gasteiger partial charge in [-0.25, -0.2) is 0 Å². The number of fused-ring (bicyclic) bond motifs is 1. The Morgan fingerprint density at radius 1 is 1.00 bits per heavy atom. The van der Waals surface area contributed by atoms with E-state index in [-0.39, 0.29) is 5.56 Å². The van der Waals surface area contributed by atoms with Crippen molar-refractivity contribution in [2.24, 2.45) is 0 Å². The third-order valence-corrected chi connectivity index (χ3v) is 5.21. The molecule has 0 radical (unpaired) electrons. The van der Waals surface area contributed by atoms with Crippen LogP contribution in [0.25, 0.3) is 22.0 Å². The molecule has 1 saturated heterocycles. The molecule has 4 rings (SSSR count). The molecular formula is C22H25N3O. The van der Waals surface area contributed by atoms with Crippen LogP contribution in [-0.2, 0) is 6.54 Å². The molecule has 1 fully saturated rings. The second-order valence-corrected chi connectivity index (χ2v) is 7.12. The van der Waals surface area contributed by atoms with Crippen molar-refractivity contribution in [3.05, 3.63) is 70.0 Å². The number of aromatic amines is 1. The van der Waals surface area contributed by atoms with E-state index in [0.717, 1.165) is 60.3 Å². The lowest BCUT2D eigenvalue weighted by Gasteiger charge is -2.19. The summed E-state index contributed by atoms with van der Waals surface area (Å²) in [6.07, 6.45) is 1.20. The van der Waals surface area contributed by atoms with Gasteiger partial charge in [-0.15, -0.1) is 0 Å². The lowest BCUT2D eigenvalue weighted by molar-refractivity contribution is 0.284.